The van der Waals surface area contributed by atoms with Crippen molar-refractivity contribution in [2.75, 3.05) is 26.8 Å². The van der Waals surface area contributed by atoms with Crippen molar-refractivity contribution in [1.29, 1.82) is 0 Å². The Morgan fingerprint density at radius 3 is 2.39 bits per heavy atom. The van der Waals surface area contributed by atoms with Gasteiger partial charge in [-0.05, 0) is 43.9 Å². The maximum atomic E-state index is 6.11. The van der Waals surface area contributed by atoms with Gasteiger partial charge in [0.05, 0.1) is 19.8 Å². The Morgan fingerprint density at radius 1 is 1.06 bits per heavy atom. The minimum absolute atomic E-state index is 0. The summed E-state index contributed by atoms with van der Waals surface area (Å²) in [5, 5.41) is 15.2. The van der Waals surface area contributed by atoms with Gasteiger partial charge in [-0.3, -0.25) is 0 Å². The SMILES string of the molecule is COc1ccc(CCNC(=NCc2nnc(C)n2C)NCCOC2CCCCCC2)cc1.I. The van der Waals surface area contributed by atoms with Crippen LogP contribution in [0.1, 0.15) is 55.7 Å². The summed E-state index contributed by atoms with van der Waals surface area (Å²) in [7, 11) is 3.65. The number of hydrogen-bond donors (Lipinski definition) is 2. The van der Waals surface area contributed by atoms with Crippen LogP contribution < -0.4 is 15.4 Å². The molecular weight excluding hydrogens is 531 g/mol. The van der Waals surface area contributed by atoms with Crippen LogP contribution in [0.3, 0.4) is 0 Å². The van der Waals surface area contributed by atoms with Gasteiger partial charge >= 0.3 is 0 Å². The summed E-state index contributed by atoms with van der Waals surface area (Å²) in [6.07, 6.45) is 8.93. The van der Waals surface area contributed by atoms with Gasteiger partial charge in [0.15, 0.2) is 11.8 Å². The Bertz CT molecular complexity index is 832. The molecule has 1 fully saturated rings. The number of nitrogens with zero attached hydrogens (tertiary/aromatic N) is 4. The number of nitrogens with one attached hydrogen (secondary N) is 2. The van der Waals surface area contributed by atoms with Crippen molar-refractivity contribution >= 4 is 29.9 Å². The van der Waals surface area contributed by atoms with Crippen molar-refractivity contribution in [2.24, 2.45) is 12.0 Å². The fourth-order valence-electron chi connectivity index (χ4n) is 3.83. The van der Waals surface area contributed by atoms with Gasteiger partial charge in [-0.2, -0.15) is 0 Å². The lowest BCUT2D eigenvalue weighted by Gasteiger charge is -2.17. The van der Waals surface area contributed by atoms with Crippen LogP contribution in [0, 0.1) is 6.92 Å². The zero-order chi connectivity index (χ0) is 22.6. The van der Waals surface area contributed by atoms with Gasteiger partial charge in [-0.15, -0.1) is 34.2 Å². The highest BCUT2D eigenvalue weighted by molar-refractivity contribution is 14.0. The number of aliphatic imine (C=N–C) groups is 1. The lowest BCUT2D eigenvalue weighted by molar-refractivity contribution is 0.0468. The third kappa shape index (κ3) is 9.48. The summed E-state index contributed by atoms with van der Waals surface area (Å²) < 4.78 is 13.3. The average molecular weight is 571 g/mol. The second-order valence-electron chi connectivity index (χ2n) is 8.32. The van der Waals surface area contributed by atoms with E-state index in [1.54, 1.807) is 7.11 Å². The number of halogens is 1. The quantitative estimate of drug-likeness (QED) is 0.149. The summed E-state index contributed by atoms with van der Waals surface area (Å²) in [5.74, 6) is 3.37. The minimum atomic E-state index is 0. The van der Waals surface area contributed by atoms with E-state index in [0.717, 1.165) is 42.9 Å². The number of guanidine groups is 1. The van der Waals surface area contributed by atoms with Gasteiger partial charge in [-0.25, -0.2) is 4.99 Å². The molecule has 1 aromatic carbocycles. The minimum Gasteiger partial charge on any atom is -0.497 e. The molecule has 0 amide bonds. The Hall–Kier alpha value is -1.88. The summed E-state index contributed by atoms with van der Waals surface area (Å²) in [6.45, 7) is 4.60. The van der Waals surface area contributed by atoms with E-state index in [0.29, 0.717) is 19.3 Å². The number of rotatable bonds is 10. The molecule has 9 heteroatoms. The topological polar surface area (TPSA) is 85.6 Å². The van der Waals surface area contributed by atoms with Crippen LogP contribution in [0.5, 0.6) is 5.75 Å². The summed E-state index contributed by atoms with van der Waals surface area (Å²) >= 11 is 0. The van der Waals surface area contributed by atoms with E-state index in [2.05, 4.69) is 33.0 Å². The van der Waals surface area contributed by atoms with E-state index < -0.39 is 0 Å². The molecule has 33 heavy (non-hydrogen) atoms. The zero-order valence-electron chi connectivity index (χ0n) is 20.2. The smallest absolute Gasteiger partial charge is 0.191 e. The van der Waals surface area contributed by atoms with Gasteiger partial charge in [0, 0.05) is 20.1 Å². The first-order valence-electron chi connectivity index (χ1n) is 11.8. The lowest BCUT2D eigenvalue weighted by atomic mass is 10.1. The molecule has 0 bridgehead atoms. The number of aromatic nitrogens is 3. The highest BCUT2D eigenvalue weighted by Gasteiger charge is 2.12. The maximum Gasteiger partial charge on any atom is 0.191 e. The largest absolute Gasteiger partial charge is 0.497 e. The van der Waals surface area contributed by atoms with Crippen LogP contribution in [0.15, 0.2) is 29.3 Å². The highest BCUT2D eigenvalue weighted by Crippen LogP contribution is 2.19. The molecule has 8 nitrogen and oxygen atoms in total. The van der Waals surface area contributed by atoms with Gasteiger partial charge < -0.3 is 24.7 Å². The van der Waals surface area contributed by atoms with Gasteiger partial charge in [0.2, 0.25) is 0 Å². The maximum absolute atomic E-state index is 6.11. The molecule has 2 N–H and O–H groups in total. The second kappa shape index (κ2) is 15.1. The van der Waals surface area contributed by atoms with Crippen molar-refractivity contribution in [1.82, 2.24) is 25.4 Å². The first-order chi connectivity index (χ1) is 15.7. The molecule has 0 saturated heterocycles. The second-order valence-corrected chi connectivity index (χ2v) is 8.32. The van der Waals surface area contributed by atoms with Crippen LogP contribution in [-0.2, 0) is 24.8 Å². The van der Waals surface area contributed by atoms with Crippen LogP contribution >= 0.6 is 24.0 Å². The van der Waals surface area contributed by atoms with Crippen LogP contribution in [0.25, 0.3) is 0 Å². The predicted molar refractivity (Wildman–Crippen MR) is 142 cm³/mol. The highest BCUT2D eigenvalue weighted by atomic mass is 127. The third-order valence-corrected chi connectivity index (χ3v) is 5.98. The number of methoxy groups -OCH3 is 1. The molecule has 3 rings (SSSR count). The number of aryl methyl sites for hydroxylation is 1. The molecule has 1 heterocycles. The molecule has 1 aromatic heterocycles. The molecule has 1 aliphatic rings. The van der Waals surface area contributed by atoms with Crippen molar-refractivity contribution in [3.8, 4) is 5.75 Å². The summed E-state index contributed by atoms with van der Waals surface area (Å²) in [4.78, 5) is 4.72. The van der Waals surface area contributed by atoms with E-state index in [9.17, 15) is 0 Å². The third-order valence-electron chi connectivity index (χ3n) is 5.98. The Morgan fingerprint density at radius 2 is 1.76 bits per heavy atom. The molecule has 184 valence electrons. The van der Waals surface area contributed by atoms with E-state index in [1.807, 2.05) is 30.7 Å². The Balaban J connectivity index is 0.00000385. The standard InChI is InChI=1S/C24H38N6O2.HI/c1-19-28-29-23(30(19)2)18-27-24(25-15-14-20-10-12-21(31-3)13-11-20)26-16-17-32-22-8-6-4-5-7-9-22;/h10-13,22H,4-9,14-18H2,1-3H3,(H2,25,26,27);1H. The van der Waals surface area contributed by atoms with Gasteiger partial charge in [-0.1, -0.05) is 37.8 Å². The molecule has 1 aliphatic carbocycles. The lowest BCUT2D eigenvalue weighted by Crippen LogP contribution is -2.40. The fraction of sp³-hybridized carbons (Fsp3) is 0.625. The van der Waals surface area contributed by atoms with Crippen molar-refractivity contribution in [3.05, 3.63) is 41.5 Å². The predicted octanol–water partition coefficient (Wildman–Crippen LogP) is 3.77. The van der Waals surface area contributed by atoms with E-state index >= 15 is 0 Å². The number of ether oxygens (including phenoxy) is 2. The zero-order valence-corrected chi connectivity index (χ0v) is 22.5. The first kappa shape index (κ1) is 27.4. The number of benzene rings is 1. The first-order valence-corrected chi connectivity index (χ1v) is 11.8. The van der Waals surface area contributed by atoms with E-state index in [1.165, 1.54) is 44.1 Å². The molecule has 1 saturated carbocycles. The van der Waals surface area contributed by atoms with Gasteiger partial charge in [0.25, 0.3) is 0 Å². The fourth-order valence-corrected chi connectivity index (χ4v) is 3.83. The molecule has 0 aliphatic heterocycles. The van der Waals surface area contributed by atoms with Crippen molar-refractivity contribution < 1.29 is 9.47 Å². The van der Waals surface area contributed by atoms with Crippen LogP contribution in [0.2, 0.25) is 0 Å². The van der Waals surface area contributed by atoms with Crippen molar-refractivity contribution in [2.45, 2.75) is 64.5 Å². The van der Waals surface area contributed by atoms with E-state index in [4.69, 9.17) is 14.5 Å². The molecule has 0 radical (unpaired) electrons. The summed E-state index contributed by atoms with van der Waals surface area (Å²) in [5.41, 5.74) is 1.25. The van der Waals surface area contributed by atoms with Gasteiger partial charge in [0.1, 0.15) is 18.1 Å². The van der Waals surface area contributed by atoms with E-state index in [-0.39, 0.29) is 24.0 Å². The van der Waals surface area contributed by atoms with Crippen LogP contribution in [0.4, 0.5) is 0 Å². The Labute approximate surface area is 215 Å². The number of hydrogen-bond acceptors (Lipinski definition) is 5. The Kier molecular flexibility index (Phi) is 12.5. The monoisotopic (exact) mass is 570 g/mol. The molecule has 0 unspecified atom stereocenters. The van der Waals surface area contributed by atoms with Crippen LogP contribution in [-0.4, -0.2) is 53.6 Å². The summed E-state index contributed by atoms with van der Waals surface area (Å²) in [6, 6.07) is 8.16. The molecule has 0 atom stereocenters. The average Bonchev–Trinajstić information content (AvgIpc) is 2.99. The molecule has 2 aromatic rings. The normalized spacial score (nSPS) is 14.9. The molecule has 0 spiro atoms. The molecular formula is C24H39IN6O2. The van der Waals surface area contributed by atoms with Crippen molar-refractivity contribution in [3.63, 3.8) is 0 Å².